The highest BCUT2D eigenvalue weighted by Gasteiger charge is 2.46. The van der Waals surface area contributed by atoms with Gasteiger partial charge in [0.1, 0.15) is 11.6 Å². The highest BCUT2D eigenvalue weighted by molar-refractivity contribution is 6.46. The average Bonchev–Trinajstić information content (AvgIpc) is 2.93. The van der Waals surface area contributed by atoms with E-state index in [1.54, 1.807) is 24.5 Å². The molecule has 1 aromatic heterocycles. The summed E-state index contributed by atoms with van der Waals surface area (Å²) in [6.45, 7) is 1.24. The van der Waals surface area contributed by atoms with Gasteiger partial charge >= 0.3 is 0 Å². The summed E-state index contributed by atoms with van der Waals surface area (Å²) in [6.07, 6.45) is 4.16. The van der Waals surface area contributed by atoms with Crippen molar-refractivity contribution in [3.05, 3.63) is 71.3 Å². The molecule has 1 aliphatic rings. The van der Waals surface area contributed by atoms with Gasteiger partial charge in [-0.3, -0.25) is 9.59 Å². The van der Waals surface area contributed by atoms with Gasteiger partial charge in [0, 0.05) is 30.2 Å². The van der Waals surface area contributed by atoms with Crippen molar-refractivity contribution >= 4 is 17.4 Å². The van der Waals surface area contributed by atoms with Crippen molar-refractivity contribution in [1.82, 2.24) is 4.90 Å². The topological polar surface area (TPSA) is 76.2 Å². The normalized spacial score (nSPS) is 18.9. The zero-order valence-electron chi connectivity index (χ0n) is 15.9. The second-order valence-corrected chi connectivity index (χ2v) is 7.15. The van der Waals surface area contributed by atoms with Crippen molar-refractivity contribution in [2.45, 2.75) is 12.5 Å². The van der Waals surface area contributed by atoms with Crippen LogP contribution in [0.15, 0.2) is 54.4 Å². The number of aliphatic hydroxyl groups excluding tert-OH is 1. The molecule has 1 atom stereocenters. The number of rotatable bonds is 6. The molecule has 1 fully saturated rings. The lowest BCUT2D eigenvalue weighted by Crippen LogP contribution is -3.05. The molecule has 0 saturated carbocycles. The number of halogens is 1. The van der Waals surface area contributed by atoms with Crippen LogP contribution in [0.3, 0.4) is 0 Å². The van der Waals surface area contributed by atoms with Gasteiger partial charge in [0.25, 0.3) is 11.7 Å². The van der Waals surface area contributed by atoms with Crippen molar-refractivity contribution in [1.29, 1.82) is 0 Å². The van der Waals surface area contributed by atoms with Crippen molar-refractivity contribution in [3.8, 4) is 0 Å². The first-order chi connectivity index (χ1) is 13.4. The summed E-state index contributed by atoms with van der Waals surface area (Å²) < 4.78 is 13.2. The summed E-state index contributed by atoms with van der Waals surface area (Å²) in [4.78, 5) is 31.2. The van der Waals surface area contributed by atoms with Gasteiger partial charge in [-0.2, -0.15) is 0 Å². The third kappa shape index (κ3) is 3.94. The lowest BCUT2D eigenvalue weighted by molar-refractivity contribution is -0.858. The molecule has 2 aromatic rings. The van der Waals surface area contributed by atoms with Crippen LogP contribution in [0.1, 0.15) is 23.6 Å². The zero-order chi connectivity index (χ0) is 20.3. The number of nitrogens with one attached hydrogen (secondary N) is 2. The number of likely N-dealkylation sites (tertiary alicyclic amines) is 1. The summed E-state index contributed by atoms with van der Waals surface area (Å²) in [5.74, 6) is -2.11. The molecule has 3 N–H and O–H groups in total. The first-order valence-corrected chi connectivity index (χ1v) is 9.19. The van der Waals surface area contributed by atoms with Gasteiger partial charge in [0.15, 0.2) is 12.4 Å². The molecule has 1 unspecified atom stereocenters. The molecule has 3 rings (SSSR count). The molecule has 1 saturated heterocycles. The number of nitrogens with zero attached hydrogens (tertiary/aromatic N) is 1. The number of quaternary nitrogens is 1. The van der Waals surface area contributed by atoms with Crippen molar-refractivity contribution < 1.29 is 29.0 Å². The van der Waals surface area contributed by atoms with E-state index in [1.165, 1.54) is 34.1 Å². The predicted octanol–water partition coefficient (Wildman–Crippen LogP) is 0.596. The number of hydrogen-bond donors (Lipinski definition) is 2. The van der Waals surface area contributed by atoms with E-state index in [-0.39, 0.29) is 11.3 Å². The van der Waals surface area contributed by atoms with E-state index in [0.717, 1.165) is 13.0 Å². The van der Waals surface area contributed by atoms with Crippen molar-refractivity contribution in [2.75, 3.05) is 27.2 Å². The number of ketones is 1. The number of aliphatic hydroxyl groups is 1. The highest BCUT2D eigenvalue weighted by atomic mass is 19.1. The van der Waals surface area contributed by atoms with Gasteiger partial charge in [-0.1, -0.05) is 0 Å². The molecule has 0 aliphatic carbocycles. The molecule has 6 nitrogen and oxygen atoms in total. The average molecular weight is 385 g/mol. The van der Waals surface area contributed by atoms with Gasteiger partial charge in [0.05, 0.1) is 32.3 Å². The minimum atomic E-state index is -0.729. The lowest BCUT2D eigenvalue weighted by Gasteiger charge is -2.24. The van der Waals surface area contributed by atoms with Crippen LogP contribution in [-0.2, 0) is 9.59 Å². The quantitative estimate of drug-likeness (QED) is 0.434. The SMILES string of the molecule is C[NH+](C)CCCN1C(=O)C(=O)C(=C(O)c2ccc(F)cc2)C1c1ccc[nH+]c1. The van der Waals surface area contributed by atoms with Crippen LogP contribution < -0.4 is 9.88 Å². The Morgan fingerprint density at radius 2 is 1.93 bits per heavy atom. The number of aromatic amines is 1. The summed E-state index contributed by atoms with van der Waals surface area (Å²) in [5.41, 5.74) is 1.01. The minimum absolute atomic E-state index is 0.0217. The summed E-state index contributed by atoms with van der Waals surface area (Å²) >= 11 is 0. The van der Waals surface area contributed by atoms with E-state index in [4.69, 9.17) is 0 Å². The molecule has 1 amide bonds. The van der Waals surface area contributed by atoms with Gasteiger partial charge in [-0.25, -0.2) is 9.37 Å². The molecule has 1 aliphatic heterocycles. The Morgan fingerprint density at radius 3 is 2.54 bits per heavy atom. The van der Waals surface area contributed by atoms with Crippen LogP contribution in [0.25, 0.3) is 5.76 Å². The van der Waals surface area contributed by atoms with E-state index in [0.29, 0.717) is 17.7 Å². The molecule has 0 spiro atoms. The molecular formula is C21H24FN3O3+2. The summed E-state index contributed by atoms with van der Waals surface area (Å²) in [5, 5.41) is 10.8. The highest BCUT2D eigenvalue weighted by Crippen LogP contribution is 2.38. The number of Topliss-reactive ketones (excluding diaryl/α,β-unsaturated/α-hetero) is 1. The molecule has 28 heavy (non-hydrogen) atoms. The van der Waals surface area contributed by atoms with E-state index in [9.17, 15) is 19.1 Å². The van der Waals surface area contributed by atoms with Crippen LogP contribution in [0.5, 0.6) is 0 Å². The third-order valence-electron chi connectivity index (χ3n) is 4.78. The monoisotopic (exact) mass is 385 g/mol. The number of carbonyl (C=O) groups is 2. The smallest absolute Gasteiger partial charge is 0.295 e. The maximum atomic E-state index is 13.2. The first kappa shape index (κ1) is 19.7. The summed E-state index contributed by atoms with van der Waals surface area (Å²) in [7, 11) is 4.04. The molecule has 7 heteroatoms. The first-order valence-electron chi connectivity index (χ1n) is 9.19. The van der Waals surface area contributed by atoms with E-state index in [1.807, 2.05) is 14.1 Å². The largest absolute Gasteiger partial charge is 0.507 e. The number of aromatic nitrogens is 1. The fourth-order valence-corrected chi connectivity index (χ4v) is 3.40. The number of hydrogen-bond acceptors (Lipinski definition) is 3. The number of amides is 1. The van der Waals surface area contributed by atoms with E-state index >= 15 is 0 Å². The Bertz CT molecular complexity index is 895. The Hall–Kier alpha value is -3.06. The van der Waals surface area contributed by atoms with Crippen molar-refractivity contribution in [3.63, 3.8) is 0 Å². The van der Waals surface area contributed by atoms with Crippen LogP contribution in [-0.4, -0.2) is 48.9 Å². The lowest BCUT2D eigenvalue weighted by atomic mass is 9.96. The van der Waals surface area contributed by atoms with Gasteiger partial charge in [0.2, 0.25) is 0 Å². The Balaban J connectivity index is 2.06. The number of benzene rings is 1. The number of pyridine rings is 1. The molecular weight excluding hydrogens is 361 g/mol. The maximum absolute atomic E-state index is 13.2. The fraction of sp³-hybridized carbons (Fsp3) is 0.286. The van der Waals surface area contributed by atoms with Gasteiger partial charge < -0.3 is 14.9 Å². The molecule has 146 valence electrons. The van der Waals surface area contributed by atoms with E-state index in [2.05, 4.69) is 4.98 Å². The van der Waals surface area contributed by atoms with Gasteiger partial charge in [-0.05, 0) is 30.3 Å². The Kier molecular flexibility index (Phi) is 5.84. The van der Waals surface area contributed by atoms with Crippen LogP contribution in [0, 0.1) is 5.82 Å². The number of carbonyl (C=O) groups excluding carboxylic acids is 2. The number of H-pyrrole nitrogens is 1. The van der Waals surface area contributed by atoms with Crippen LogP contribution in [0.2, 0.25) is 0 Å². The maximum Gasteiger partial charge on any atom is 0.295 e. The molecule has 0 radical (unpaired) electrons. The second kappa shape index (κ2) is 8.31. The third-order valence-corrected chi connectivity index (χ3v) is 4.78. The van der Waals surface area contributed by atoms with Crippen molar-refractivity contribution in [2.24, 2.45) is 0 Å². The zero-order valence-corrected chi connectivity index (χ0v) is 15.9. The molecule has 2 heterocycles. The van der Waals surface area contributed by atoms with Crippen LogP contribution in [0.4, 0.5) is 4.39 Å². The standard InChI is InChI=1S/C21H22FN3O3/c1-24(2)11-4-12-25-18(15-5-3-10-23-13-15)17(20(27)21(25)28)19(26)14-6-8-16(22)9-7-14/h3,5-10,13,18,26H,4,11-12H2,1-2H3/p+2. The van der Waals surface area contributed by atoms with Crippen LogP contribution >= 0.6 is 0 Å². The summed E-state index contributed by atoms with van der Waals surface area (Å²) in [6, 6.07) is 8.07. The van der Waals surface area contributed by atoms with E-state index < -0.39 is 23.5 Å². The van der Waals surface area contributed by atoms with Gasteiger partial charge in [-0.15, -0.1) is 0 Å². The predicted molar refractivity (Wildman–Crippen MR) is 101 cm³/mol. The Morgan fingerprint density at radius 1 is 1.21 bits per heavy atom. The molecule has 1 aromatic carbocycles. The minimum Gasteiger partial charge on any atom is -0.507 e. The molecule has 0 bridgehead atoms. The second-order valence-electron chi connectivity index (χ2n) is 7.15. The fourth-order valence-electron chi connectivity index (χ4n) is 3.40. The Labute approximate surface area is 162 Å².